The number of rotatable bonds is 14. The van der Waals surface area contributed by atoms with E-state index in [2.05, 4.69) is 35.0 Å². The highest BCUT2D eigenvalue weighted by molar-refractivity contribution is 5.76. The Morgan fingerprint density at radius 2 is 1.50 bits per heavy atom. The fourth-order valence-corrected chi connectivity index (χ4v) is 2.25. The second kappa shape index (κ2) is 14.0. The molecule has 0 aromatic heterocycles. The van der Waals surface area contributed by atoms with Crippen molar-refractivity contribution in [3.05, 3.63) is 24.7 Å². The van der Waals surface area contributed by atoms with Crippen LogP contribution in [0.15, 0.2) is 24.7 Å². The second-order valence-electron chi connectivity index (χ2n) is 6.19. The van der Waals surface area contributed by atoms with Crippen LogP contribution in [0, 0.1) is 12.3 Å². The summed E-state index contributed by atoms with van der Waals surface area (Å²) in [7, 11) is 0. The summed E-state index contributed by atoms with van der Waals surface area (Å²) in [5.74, 6) is 0.585. The Morgan fingerprint density at radius 1 is 0.929 bits per heavy atom. The number of aliphatic hydroxyl groups excluding tert-OH is 2. The van der Waals surface area contributed by atoms with Crippen molar-refractivity contribution in [2.24, 2.45) is 0 Å². The van der Waals surface area contributed by atoms with E-state index in [9.17, 15) is 24.6 Å². The molecule has 0 fully saturated rings. The molecule has 0 bridgehead atoms. The van der Waals surface area contributed by atoms with E-state index >= 15 is 0 Å². The summed E-state index contributed by atoms with van der Waals surface area (Å²) in [6, 6.07) is -2.36. The summed E-state index contributed by atoms with van der Waals surface area (Å²) in [6.07, 6.45) is 7.05. The molecule has 0 spiro atoms. The van der Waals surface area contributed by atoms with Crippen molar-refractivity contribution in [2.75, 3.05) is 6.54 Å². The van der Waals surface area contributed by atoms with Crippen LogP contribution in [0.3, 0.4) is 0 Å². The Morgan fingerprint density at radius 3 is 2.00 bits per heavy atom. The van der Waals surface area contributed by atoms with E-state index in [0.29, 0.717) is 32.2 Å². The normalized spacial score (nSPS) is 12.1. The number of unbranched alkanes of at least 4 members (excludes halogenated alkanes) is 1. The first-order valence-electron chi connectivity index (χ1n) is 8.91. The lowest BCUT2D eigenvalue weighted by molar-refractivity contribution is -0.137. The highest BCUT2D eigenvalue weighted by atomic mass is 16.4. The lowest BCUT2D eigenvalue weighted by atomic mass is 10.1. The molecule has 0 aliphatic heterocycles. The van der Waals surface area contributed by atoms with Gasteiger partial charge in [0.05, 0.1) is 12.1 Å². The van der Waals surface area contributed by atoms with Crippen molar-refractivity contribution in [1.82, 2.24) is 16.0 Å². The maximum absolute atomic E-state index is 12.0. The predicted octanol–water partition coefficient (Wildman–Crippen LogP) is 1.73. The molecule has 6 N–H and O–H groups in total. The number of carboxylic acid groups (broad SMARTS) is 1. The number of carbonyl (C=O) groups is 3. The molecule has 0 saturated carbocycles. The van der Waals surface area contributed by atoms with Crippen LogP contribution < -0.4 is 16.0 Å². The van der Waals surface area contributed by atoms with E-state index in [1.807, 2.05) is 0 Å². The van der Waals surface area contributed by atoms with Gasteiger partial charge in [0, 0.05) is 25.8 Å². The maximum atomic E-state index is 12.0. The highest BCUT2D eigenvalue weighted by Crippen LogP contribution is 2.08. The summed E-state index contributed by atoms with van der Waals surface area (Å²) in [5, 5.41) is 35.5. The van der Waals surface area contributed by atoms with Crippen LogP contribution >= 0.6 is 0 Å². The first-order chi connectivity index (χ1) is 13.2. The van der Waals surface area contributed by atoms with E-state index in [1.165, 1.54) is 0 Å². The van der Waals surface area contributed by atoms with E-state index < -0.39 is 24.1 Å². The third kappa shape index (κ3) is 12.2. The molecule has 0 rings (SSSR count). The van der Waals surface area contributed by atoms with Crippen LogP contribution in [-0.4, -0.2) is 51.9 Å². The molecule has 0 aromatic rings. The lowest BCUT2D eigenvalue weighted by Gasteiger charge is -2.21. The number of aliphatic hydroxyl groups is 2. The predicted molar refractivity (Wildman–Crippen MR) is 105 cm³/mol. The van der Waals surface area contributed by atoms with Crippen LogP contribution in [0.1, 0.15) is 44.9 Å². The fourth-order valence-electron chi connectivity index (χ4n) is 2.25. The van der Waals surface area contributed by atoms with Crippen molar-refractivity contribution in [1.29, 1.82) is 0 Å². The molecule has 0 saturated heterocycles. The van der Waals surface area contributed by atoms with Gasteiger partial charge in [0.2, 0.25) is 5.91 Å². The average Bonchev–Trinajstić information content (AvgIpc) is 2.61. The SMILES string of the molecule is C#CCCC(=O)NCCCC[C@H](NC(=O)NC(CCC(=O)O)C(=C)O)C(=C)O. The van der Waals surface area contributed by atoms with Crippen molar-refractivity contribution in [3.8, 4) is 12.3 Å². The summed E-state index contributed by atoms with van der Waals surface area (Å²) < 4.78 is 0. The first-order valence-corrected chi connectivity index (χ1v) is 8.91. The molecule has 0 aromatic carbocycles. The van der Waals surface area contributed by atoms with Crippen LogP contribution in [0.4, 0.5) is 4.79 Å². The minimum absolute atomic E-state index is 0.0256. The zero-order valence-electron chi connectivity index (χ0n) is 15.9. The van der Waals surface area contributed by atoms with E-state index in [4.69, 9.17) is 11.5 Å². The molecule has 0 heterocycles. The molecule has 1 unspecified atom stereocenters. The standard InChI is InChI=1S/C19H29N3O6/c1-4-5-9-17(25)20-12-7-6-8-15(13(2)23)21-19(28)22-16(14(3)24)10-11-18(26)27/h1,15-16,23-24H,2-3,5-12H2,(H,20,25)(H,26,27)(H2,21,22,28)/t15-,16?/m0/s1. The number of aliphatic carboxylic acids is 1. The van der Waals surface area contributed by atoms with Gasteiger partial charge in [0.1, 0.15) is 11.5 Å². The summed E-state index contributed by atoms with van der Waals surface area (Å²) in [6.45, 7) is 7.18. The van der Waals surface area contributed by atoms with E-state index in [0.717, 1.165) is 0 Å². The molecule has 0 aliphatic carbocycles. The Bertz CT molecular complexity index is 611. The van der Waals surface area contributed by atoms with Gasteiger partial charge in [-0.2, -0.15) is 0 Å². The van der Waals surface area contributed by atoms with E-state index in [-0.39, 0.29) is 36.7 Å². The highest BCUT2D eigenvalue weighted by Gasteiger charge is 2.20. The van der Waals surface area contributed by atoms with E-state index in [1.54, 1.807) is 0 Å². The zero-order chi connectivity index (χ0) is 21.5. The topological polar surface area (TPSA) is 148 Å². The lowest BCUT2D eigenvalue weighted by Crippen LogP contribution is -2.47. The molecular formula is C19H29N3O6. The second-order valence-corrected chi connectivity index (χ2v) is 6.19. The molecule has 28 heavy (non-hydrogen) atoms. The number of carboxylic acids is 1. The van der Waals surface area contributed by atoms with Crippen molar-refractivity contribution >= 4 is 17.9 Å². The van der Waals surface area contributed by atoms with Gasteiger partial charge in [-0.05, 0) is 25.7 Å². The Kier molecular flexibility index (Phi) is 12.4. The fraction of sp³-hybridized carbons (Fsp3) is 0.526. The van der Waals surface area contributed by atoms with Gasteiger partial charge in [-0.25, -0.2) is 4.79 Å². The van der Waals surface area contributed by atoms with Crippen molar-refractivity contribution in [3.63, 3.8) is 0 Å². The minimum Gasteiger partial charge on any atom is -0.511 e. The Balaban J connectivity index is 4.34. The smallest absolute Gasteiger partial charge is 0.315 e. The third-order valence-electron chi connectivity index (χ3n) is 3.80. The van der Waals surface area contributed by atoms with Crippen LogP contribution in [0.25, 0.3) is 0 Å². The molecule has 156 valence electrons. The number of terminal acetylenes is 1. The number of amides is 3. The van der Waals surface area contributed by atoms with Crippen molar-refractivity contribution in [2.45, 2.75) is 57.0 Å². The molecule has 9 nitrogen and oxygen atoms in total. The van der Waals surface area contributed by atoms with Crippen LogP contribution in [0.2, 0.25) is 0 Å². The molecular weight excluding hydrogens is 366 g/mol. The van der Waals surface area contributed by atoms with Gasteiger partial charge >= 0.3 is 12.0 Å². The number of urea groups is 1. The maximum Gasteiger partial charge on any atom is 0.315 e. The Hall–Kier alpha value is -3.15. The van der Waals surface area contributed by atoms with Crippen molar-refractivity contribution < 1.29 is 29.7 Å². The first kappa shape index (κ1) is 24.8. The van der Waals surface area contributed by atoms with Crippen LogP contribution in [0.5, 0.6) is 0 Å². The van der Waals surface area contributed by atoms with Crippen LogP contribution in [-0.2, 0) is 9.59 Å². The molecule has 2 atom stereocenters. The number of hydrogen-bond acceptors (Lipinski definition) is 5. The van der Waals surface area contributed by atoms with Gasteiger partial charge in [0.15, 0.2) is 0 Å². The monoisotopic (exact) mass is 395 g/mol. The van der Waals surface area contributed by atoms with Gasteiger partial charge in [-0.1, -0.05) is 13.2 Å². The van der Waals surface area contributed by atoms with Gasteiger partial charge in [-0.3, -0.25) is 9.59 Å². The van der Waals surface area contributed by atoms with Gasteiger partial charge in [-0.15, -0.1) is 12.3 Å². The number of nitrogens with one attached hydrogen (secondary N) is 3. The largest absolute Gasteiger partial charge is 0.511 e. The summed E-state index contributed by atoms with van der Waals surface area (Å²) in [4.78, 5) is 34.1. The third-order valence-corrected chi connectivity index (χ3v) is 3.80. The number of hydrogen-bond donors (Lipinski definition) is 6. The molecule has 0 radical (unpaired) electrons. The molecule has 9 heteroatoms. The summed E-state index contributed by atoms with van der Waals surface area (Å²) in [5.41, 5.74) is 0. The average molecular weight is 395 g/mol. The number of carbonyl (C=O) groups excluding carboxylic acids is 2. The van der Waals surface area contributed by atoms with Gasteiger partial charge in [0.25, 0.3) is 0 Å². The van der Waals surface area contributed by atoms with Gasteiger partial charge < -0.3 is 31.3 Å². The quantitative estimate of drug-likeness (QED) is 0.150. The molecule has 0 aliphatic rings. The Labute approximate surface area is 164 Å². The molecule has 3 amide bonds. The zero-order valence-corrected chi connectivity index (χ0v) is 15.9. The summed E-state index contributed by atoms with van der Waals surface area (Å²) >= 11 is 0. The minimum atomic E-state index is -1.07.